The Balaban J connectivity index is 3.25. The summed E-state index contributed by atoms with van der Waals surface area (Å²) in [5.41, 5.74) is 0. The van der Waals surface area contributed by atoms with Crippen LogP contribution in [0.15, 0.2) is 12.2 Å². The van der Waals surface area contributed by atoms with Gasteiger partial charge in [-0.3, -0.25) is 0 Å². The lowest BCUT2D eigenvalue weighted by Gasteiger charge is -1.91. The van der Waals surface area contributed by atoms with E-state index in [4.69, 9.17) is 11.6 Å². The molecule has 1 nitrogen and oxygen atoms in total. The second-order valence-corrected chi connectivity index (χ2v) is 2.33. The fraction of sp³-hybridized carbons (Fsp3) is 0.571. The Labute approximate surface area is 60.7 Å². The Morgan fingerprint density at radius 1 is 1.56 bits per heavy atom. The van der Waals surface area contributed by atoms with Gasteiger partial charge in [0.25, 0.3) is 0 Å². The minimum Gasteiger partial charge on any atom is -0.302 e. The Kier molecular flexibility index (Phi) is 5.64. The zero-order valence-corrected chi connectivity index (χ0v) is 6.27. The molecule has 0 aliphatic carbocycles. The third-order valence-corrected chi connectivity index (χ3v) is 1.19. The predicted molar refractivity (Wildman–Crippen MR) is 39.8 cm³/mol. The normalized spacial score (nSPS) is 14.0. The molecule has 0 aliphatic rings. The molecule has 52 valence electrons. The zero-order chi connectivity index (χ0) is 7.11. The molecule has 0 bridgehead atoms. The molecule has 1 atom stereocenters. The van der Waals surface area contributed by atoms with Crippen LogP contribution in [0.25, 0.3) is 0 Å². The Bertz CT molecular complexity index is 99.1. The SMILES string of the molecule is CC/C=C/C[C@@H](Cl)C=O. The van der Waals surface area contributed by atoms with E-state index in [9.17, 15) is 4.79 Å². The van der Waals surface area contributed by atoms with Crippen LogP contribution in [0.5, 0.6) is 0 Å². The van der Waals surface area contributed by atoms with Gasteiger partial charge in [-0.25, -0.2) is 0 Å². The van der Waals surface area contributed by atoms with E-state index in [1.54, 1.807) is 0 Å². The zero-order valence-electron chi connectivity index (χ0n) is 5.51. The second-order valence-electron chi connectivity index (χ2n) is 1.77. The summed E-state index contributed by atoms with van der Waals surface area (Å²) < 4.78 is 0. The third kappa shape index (κ3) is 5.57. The molecular formula is C7H11ClO. The molecule has 0 unspecified atom stereocenters. The van der Waals surface area contributed by atoms with Gasteiger partial charge in [-0.2, -0.15) is 0 Å². The smallest absolute Gasteiger partial charge is 0.138 e. The van der Waals surface area contributed by atoms with Gasteiger partial charge >= 0.3 is 0 Å². The van der Waals surface area contributed by atoms with Crippen molar-refractivity contribution < 1.29 is 4.79 Å². The molecule has 0 fully saturated rings. The maximum Gasteiger partial charge on any atom is 0.138 e. The van der Waals surface area contributed by atoms with Crippen LogP contribution in [0.4, 0.5) is 0 Å². The van der Waals surface area contributed by atoms with Crippen LogP contribution < -0.4 is 0 Å². The van der Waals surface area contributed by atoms with Gasteiger partial charge in [0.1, 0.15) is 6.29 Å². The van der Waals surface area contributed by atoms with Gasteiger partial charge in [0.05, 0.1) is 5.38 Å². The molecule has 0 spiro atoms. The molecule has 0 rings (SSSR count). The number of carbonyl (C=O) groups is 1. The fourth-order valence-electron chi connectivity index (χ4n) is 0.448. The molecule has 0 saturated carbocycles. The highest BCUT2D eigenvalue weighted by atomic mass is 35.5. The fourth-order valence-corrected chi connectivity index (χ4v) is 0.551. The quantitative estimate of drug-likeness (QED) is 0.338. The van der Waals surface area contributed by atoms with Crippen LogP contribution in [0.1, 0.15) is 19.8 Å². The summed E-state index contributed by atoms with van der Waals surface area (Å²) in [6.07, 6.45) is 6.33. The van der Waals surface area contributed by atoms with E-state index in [0.717, 1.165) is 12.7 Å². The van der Waals surface area contributed by atoms with Crippen molar-refractivity contribution in [2.24, 2.45) is 0 Å². The summed E-state index contributed by atoms with van der Waals surface area (Å²) in [6, 6.07) is 0. The molecule has 0 aromatic carbocycles. The standard InChI is InChI=1S/C7H11ClO/c1-2-3-4-5-7(8)6-9/h3-4,6-7H,2,5H2,1H3/b4-3+/t7-/m1/s1. The third-order valence-electron chi connectivity index (χ3n) is 0.911. The summed E-state index contributed by atoms with van der Waals surface area (Å²) in [7, 11) is 0. The van der Waals surface area contributed by atoms with Gasteiger partial charge in [-0.05, 0) is 12.8 Å². The van der Waals surface area contributed by atoms with Crippen molar-refractivity contribution in [3.63, 3.8) is 0 Å². The summed E-state index contributed by atoms with van der Waals surface area (Å²) >= 11 is 5.48. The summed E-state index contributed by atoms with van der Waals surface area (Å²) in [4.78, 5) is 9.93. The van der Waals surface area contributed by atoms with Crippen molar-refractivity contribution in [2.45, 2.75) is 25.1 Å². The number of carbonyl (C=O) groups excluding carboxylic acids is 1. The van der Waals surface area contributed by atoms with E-state index in [0.29, 0.717) is 6.42 Å². The number of aldehydes is 1. The second kappa shape index (κ2) is 5.83. The van der Waals surface area contributed by atoms with Gasteiger partial charge in [0.15, 0.2) is 0 Å². The van der Waals surface area contributed by atoms with Gasteiger partial charge in [0.2, 0.25) is 0 Å². The molecule has 0 heterocycles. The molecule has 0 amide bonds. The van der Waals surface area contributed by atoms with Crippen molar-refractivity contribution >= 4 is 17.9 Å². The van der Waals surface area contributed by atoms with Crippen molar-refractivity contribution in [3.05, 3.63) is 12.2 Å². The molecule has 0 saturated heterocycles. The van der Waals surface area contributed by atoms with Crippen molar-refractivity contribution in [3.8, 4) is 0 Å². The first-order valence-corrected chi connectivity index (χ1v) is 3.49. The molecule has 0 N–H and O–H groups in total. The molecule has 0 aliphatic heterocycles. The van der Waals surface area contributed by atoms with Crippen LogP contribution in [0, 0.1) is 0 Å². The Morgan fingerprint density at radius 2 is 2.22 bits per heavy atom. The minimum absolute atomic E-state index is 0.340. The summed E-state index contributed by atoms with van der Waals surface area (Å²) in [5, 5.41) is -0.340. The van der Waals surface area contributed by atoms with Gasteiger partial charge in [-0.15, -0.1) is 11.6 Å². The van der Waals surface area contributed by atoms with Crippen LogP contribution >= 0.6 is 11.6 Å². The molecule has 0 aromatic rings. The molecular weight excluding hydrogens is 136 g/mol. The average molecular weight is 147 g/mol. The van der Waals surface area contributed by atoms with E-state index in [1.165, 1.54) is 0 Å². The Hall–Kier alpha value is -0.300. The van der Waals surface area contributed by atoms with Gasteiger partial charge in [0, 0.05) is 0 Å². The number of allylic oxidation sites excluding steroid dienone is 2. The number of alkyl halides is 1. The largest absolute Gasteiger partial charge is 0.302 e. The number of halogens is 1. The topological polar surface area (TPSA) is 17.1 Å². The number of rotatable bonds is 4. The first-order valence-electron chi connectivity index (χ1n) is 3.05. The lowest BCUT2D eigenvalue weighted by Crippen LogP contribution is -1.95. The van der Waals surface area contributed by atoms with E-state index < -0.39 is 0 Å². The summed E-state index contributed by atoms with van der Waals surface area (Å²) in [5.74, 6) is 0. The first-order chi connectivity index (χ1) is 4.31. The highest BCUT2D eigenvalue weighted by molar-refractivity contribution is 6.27. The minimum atomic E-state index is -0.340. The van der Waals surface area contributed by atoms with Crippen molar-refractivity contribution in [1.29, 1.82) is 0 Å². The molecule has 9 heavy (non-hydrogen) atoms. The maximum absolute atomic E-state index is 9.93. The van der Waals surface area contributed by atoms with Crippen LogP contribution in [0.2, 0.25) is 0 Å². The van der Waals surface area contributed by atoms with Crippen LogP contribution in [-0.4, -0.2) is 11.7 Å². The summed E-state index contributed by atoms with van der Waals surface area (Å²) in [6.45, 7) is 2.04. The highest BCUT2D eigenvalue weighted by Crippen LogP contribution is 1.98. The van der Waals surface area contributed by atoms with Gasteiger partial charge < -0.3 is 4.79 Å². The first kappa shape index (κ1) is 8.70. The predicted octanol–water partition coefficient (Wildman–Crippen LogP) is 2.15. The molecule has 0 aromatic heterocycles. The highest BCUT2D eigenvalue weighted by Gasteiger charge is 1.95. The lowest BCUT2D eigenvalue weighted by molar-refractivity contribution is -0.107. The van der Waals surface area contributed by atoms with E-state index in [-0.39, 0.29) is 5.38 Å². The van der Waals surface area contributed by atoms with E-state index in [2.05, 4.69) is 0 Å². The van der Waals surface area contributed by atoms with Gasteiger partial charge in [-0.1, -0.05) is 19.1 Å². The number of hydrogen-bond acceptors (Lipinski definition) is 1. The van der Waals surface area contributed by atoms with Crippen LogP contribution in [0.3, 0.4) is 0 Å². The molecule has 2 heteroatoms. The molecule has 0 radical (unpaired) electrons. The number of hydrogen-bond donors (Lipinski definition) is 0. The van der Waals surface area contributed by atoms with E-state index in [1.807, 2.05) is 19.1 Å². The van der Waals surface area contributed by atoms with Crippen molar-refractivity contribution in [1.82, 2.24) is 0 Å². The van der Waals surface area contributed by atoms with E-state index >= 15 is 0 Å². The van der Waals surface area contributed by atoms with Crippen molar-refractivity contribution in [2.75, 3.05) is 0 Å². The Morgan fingerprint density at radius 3 is 2.67 bits per heavy atom. The average Bonchev–Trinajstić information content (AvgIpc) is 1.89. The van der Waals surface area contributed by atoms with Crippen LogP contribution in [-0.2, 0) is 4.79 Å². The maximum atomic E-state index is 9.93. The monoisotopic (exact) mass is 146 g/mol. The lowest BCUT2D eigenvalue weighted by atomic mass is 10.3.